The summed E-state index contributed by atoms with van der Waals surface area (Å²) in [6.45, 7) is 1.70. The van der Waals surface area contributed by atoms with Crippen molar-refractivity contribution in [3.63, 3.8) is 0 Å². The van der Waals surface area contributed by atoms with Crippen molar-refractivity contribution >= 4 is 27.4 Å². The third-order valence-corrected chi connectivity index (χ3v) is 5.02. The molecule has 0 amide bonds. The second kappa shape index (κ2) is 5.24. The average Bonchev–Trinajstić information content (AvgIpc) is 3.09. The molecular formula is C15H12N4O3S. The van der Waals surface area contributed by atoms with Gasteiger partial charge >= 0.3 is 5.82 Å². The molecule has 3 aromatic rings. The highest BCUT2D eigenvalue weighted by atomic mass is 32.1. The molecule has 0 unspecified atom stereocenters. The Balaban J connectivity index is 1.84. The molecule has 3 heterocycles. The number of pyridine rings is 1. The quantitative estimate of drug-likeness (QED) is 0.539. The van der Waals surface area contributed by atoms with Crippen LogP contribution in [0.2, 0.25) is 0 Å². The SMILES string of the molecule is Cc1ccc(Oc2ncnc3sc4c(c23)CCC4)c([N+](=O)[O-])n1. The van der Waals surface area contributed by atoms with Gasteiger partial charge in [-0.3, -0.25) is 0 Å². The first-order valence-electron chi connectivity index (χ1n) is 7.18. The number of hydrogen-bond acceptors (Lipinski definition) is 7. The van der Waals surface area contributed by atoms with Crippen molar-refractivity contribution in [3.05, 3.63) is 44.7 Å². The molecule has 23 heavy (non-hydrogen) atoms. The van der Waals surface area contributed by atoms with Gasteiger partial charge in [0.25, 0.3) is 0 Å². The van der Waals surface area contributed by atoms with Crippen LogP contribution in [0, 0.1) is 17.0 Å². The van der Waals surface area contributed by atoms with Crippen molar-refractivity contribution in [2.45, 2.75) is 26.2 Å². The van der Waals surface area contributed by atoms with Crippen LogP contribution < -0.4 is 4.74 Å². The van der Waals surface area contributed by atoms with Crippen LogP contribution in [0.3, 0.4) is 0 Å². The van der Waals surface area contributed by atoms with E-state index in [0.717, 1.165) is 29.5 Å². The molecular weight excluding hydrogens is 316 g/mol. The maximum atomic E-state index is 11.2. The van der Waals surface area contributed by atoms with E-state index in [1.807, 2.05) is 0 Å². The van der Waals surface area contributed by atoms with Gasteiger partial charge in [-0.1, -0.05) is 0 Å². The van der Waals surface area contributed by atoms with Gasteiger partial charge in [0.15, 0.2) is 0 Å². The Kier molecular flexibility index (Phi) is 3.19. The highest BCUT2D eigenvalue weighted by Gasteiger charge is 2.24. The lowest BCUT2D eigenvalue weighted by atomic mass is 10.2. The van der Waals surface area contributed by atoms with E-state index < -0.39 is 4.92 Å². The Hall–Kier alpha value is -2.61. The largest absolute Gasteiger partial charge is 0.429 e. The molecule has 0 N–H and O–H groups in total. The fraction of sp³-hybridized carbons (Fsp3) is 0.267. The summed E-state index contributed by atoms with van der Waals surface area (Å²) in [7, 11) is 0. The van der Waals surface area contributed by atoms with Crippen LogP contribution in [-0.4, -0.2) is 19.9 Å². The van der Waals surface area contributed by atoms with Crippen molar-refractivity contribution in [1.82, 2.24) is 15.0 Å². The van der Waals surface area contributed by atoms with Crippen molar-refractivity contribution in [2.24, 2.45) is 0 Å². The van der Waals surface area contributed by atoms with Crippen molar-refractivity contribution in [2.75, 3.05) is 0 Å². The minimum Gasteiger partial charge on any atom is -0.429 e. The molecule has 1 aliphatic rings. The molecule has 4 rings (SSSR count). The average molecular weight is 328 g/mol. The summed E-state index contributed by atoms with van der Waals surface area (Å²) >= 11 is 1.64. The monoisotopic (exact) mass is 328 g/mol. The molecule has 0 aromatic carbocycles. The van der Waals surface area contributed by atoms with Gasteiger partial charge in [-0.05, 0) is 46.9 Å². The van der Waals surface area contributed by atoms with Crippen molar-refractivity contribution in [3.8, 4) is 11.6 Å². The summed E-state index contributed by atoms with van der Waals surface area (Å²) in [5.74, 6) is 0.158. The summed E-state index contributed by atoms with van der Waals surface area (Å²) in [4.78, 5) is 25.3. The van der Waals surface area contributed by atoms with Crippen LogP contribution in [-0.2, 0) is 12.8 Å². The summed E-state index contributed by atoms with van der Waals surface area (Å²) < 4.78 is 5.77. The zero-order valence-electron chi connectivity index (χ0n) is 12.3. The number of hydrogen-bond donors (Lipinski definition) is 0. The maximum absolute atomic E-state index is 11.2. The van der Waals surface area contributed by atoms with Crippen LogP contribution >= 0.6 is 11.3 Å². The molecule has 0 atom stereocenters. The van der Waals surface area contributed by atoms with Gasteiger partial charge < -0.3 is 14.9 Å². The van der Waals surface area contributed by atoms with Crippen molar-refractivity contribution in [1.29, 1.82) is 0 Å². The van der Waals surface area contributed by atoms with E-state index in [-0.39, 0.29) is 11.6 Å². The molecule has 0 saturated heterocycles. The van der Waals surface area contributed by atoms with E-state index in [2.05, 4.69) is 15.0 Å². The van der Waals surface area contributed by atoms with Crippen LogP contribution in [0.4, 0.5) is 5.82 Å². The number of aromatic nitrogens is 3. The normalized spacial score (nSPS) is 13.3. The van der Waals surface area contributed by atoms with E-state index in [1.54, 1.807) is 30.4 Å². The highest BCUT2D eigenvalue weighted by molar-refractivity contribution is 7.18. The Bertz CT molecular complexity index is 938. The van der Waals surface area contributed by atoms with Gasteiger partial charge in [0, 0.05) is 11.8 Å². The number of nitro groups is 1. The van der Waals surface area contributed by atoms with Gasteiger partial charge in [0.2, 0.25) is 11.6 Å². The lowest BCUT2D eigenvalue weighted by Crippen LogP contribution is -1.99. The first-order valence-corrected chi connectivity index (χ1v) is 8.00. The standard InChI is InChI=1S/C15H12N4O3S/c1-8-5-6-10(13(18-8)19(20)21)22-14-12-9-3-2-4-11(9)23-15(12)17-7-16-14/h5-7H,2-4H2,1H3. The van der Waals surface area contributed by atoms with E-state index >= 15 is 0 Å². The fourth-order valence-corrected chi connectivity index (χ4v) is 4.04. The lowest BCUT2D eigenvalue weighted by Gasteiger charge is -2.07. The maximum Gasteiger partial charge on any atom is 0.407 e. The molecule has 3 aromatic heterocycles. The predicted octanol–water partition coefficient (Wildman–Crippen LogP) is 3.58. The van der Waals surface area contributed by atoms with Gasteiger partial charge in [0.05, 0.1) is 5.39 Å². The minimum absolute atomic E-state index is 0.0959. The van der Waals surface area contributed by atoms with Gasteiger partial charge in [-0.2, -0.15) is 0 Å². The second-order valence-electron chi connectivity index (χ2n) is 5.35. The number of ether oxygens (including phenoxy) is 1. The second-order valence-corrected chi connectivity index (χ2v) is 6.43. The van der Waals surface area contributed by atoms with E-state index in [1.165, 1.54) is 16.8 Å². The molecule has 0 aliphatic heterocycles. The number of nitrogens with zero attached hydrogens (tertiary/aromatic N) is 4. The van der Waals surface area contributed by atoms with E-state index in [4.69, 9.17) is 4.74 Å². The molecule has 116 valence electrons. The number of fused-ring (bicyclic) bond motifs is 3. The smallest absolute Gasteiger partial charge is 0.407 e. The van der Waals surface area contributed by atoms with E-state index in [9.17, 15) is 10.1 Å². The molecule has 1 aliphatic carbocycles. The number of aryl methyl sites for hydroxylation is 3. The summed E-state index contributed by atoms with van der Waals surface area (Å²) in [5.41, 5.74) is 1.77. The highest BCUT2D eigenvalue weighted by Crippen LogP contribution is 2.41. The first-order chi connectivity index (χ1) is 11.1. The number of rotatable bonds is 3. The van der Waals surface area contributed by atoms with Gasteiger partial charge in [0.1, 0.15) is 16.9 Å². The predicted molar refractivity (Wildman–Crippen MR) is 85.1 cm³/mol. The first kappa shape index (κ1) is 14.0. The topological polar surface area (TPSA) is 91.0 Å². The lowest BCUT2D eigenvalue weighted by molar-refractivity contribution is -0.390. The Morgan fingerprint density at radius 2 is 2.17 bits per heavy atom. The summed E-state index contributed by atoms with van der Waals surface area (Å²) in [6, 6.07) is 3.24. The molecule has 0 saturated carbocycles. The van der Waals surface area contributed by atoms with Crippen LogP contribution in [0.1, 0.15) is 22.6 Å². The minimum atomic E-state index is -0.543. The zero-order valence-corrected chi connectivity index (χ0v) is 13.1. The van der Waals surface area contributed by atoms with Crippen LogP contribution in [0.15, 0.2) is 18.5 Å². The van der Waals surface area contributed by atoms with Crippen LogP contribution in [0.25, 0.3) is 10.2 Å². The number of thiophene rings is 1. The Labute approximate surface area is 135 Å². The molecule has 0 spiro atoms. The molecule has 0 radical (unpaired) electrons. The molecule has 7 nitrogen and oxygen atoms in total. The fourth-order valence-electron chi connectivity index (χ4n) is 2.82. The third kappa shape index (κ3) is 2.31. The summed E-state index contributed by atoms with van der Waals surface area (Å²) in [5, 5.41) is 12.1. The molecule has 0 bridgehead atoms. The Morgan fingerprint density at radius 1 is 1.30 bits per heavy atom. The molecule has 0 fully saturated rings. The Morgan fingerprint density at radius 3 is 3.00 bits per heavy atom. The third-order valence-electron chi connectivity index (χ3n) is 3.82. The van der Waals surface area contributed by atoms with Gasteiger partial charge in [-0.25, -0.2) is 9.97 Å². The summed E-state index contributed by atoms with van der Waals surface area (Å²) in [6.07, 6.45) is 4.55. The van der Waals surface area contributed by atoms with E-state index in [0.29, 0.717) is 11.6 Å². The van der Waals surface area contributed by atoms with Crippen LogP contribution in [0.5, 0.6) is 11.6 Å². The zero-order chi connectivity index (χ0) is 16.0. The van der Waals surface area contributed by atoms with Crippen molar-refractivity contribution < 1.29 is 9.66 Å². The van der Waals surface area contributed by atoms with Gasteiger partial charge in [-0.15, -0.1) is 11.3 Å². The molecule has 8 heteroatoms.